The van der Waals surface area contributed by atoms with E-state index in [1.54, 1.807) is 12.1 Å². The van der Waals surface area contributed by atoms with Crippen molar-refractivity contribution in [2.24, 2.45) is 0 Å². The summed E-state index contributed by atoms with van der Waals surface area (Å²) in [6.45, 7) is 6.51. The fraction of sp³-hybridized carbons (Fsp3) is 0.231. The summed E-state index contributed by atoms with van der Waals surface area (Å²) in [7, 11) is 0. The lowest BCUT2D eigenvalue weighted by molar-refractivity contribution is -0.146. The van der Waals surface area contributed by atoms with Gasteiger partial charge in [0.25, 0.3) is 0 Å². The zero-order chi connectivity index (χ0) is 13.0. The first kappa shape index (κ1) is 13.0. The van der Waals surface area contributed by atoms with Crippen LogP contribution in [0.5, 0.6) is 0 Å². The largest absolute Gasteiger partial charge is 0.478 e. The van der Waals surface area contributed by atoms with Crippen molar-refractivity contribution in [2.45, 2.75) is 20.0 Å². The summed E-state index contributed by atoms with van der Waals surface area (Å²) < 4.78 is 5.02. The van der Waals surface area contributed by atoms with Gasteiger partial charge in [-0.1, -0.05) is 30.8 Å². The maximum Gasteiger partial charge on any atom is 0.335 e. The van der Waals surface area contributed by atoms with Gasteiger partial charge in [0.15, 0.2) is 6.10 Å². The summed E-state index contributed by atoms with van der Waals surface area (Å²) in [5.41, 5.74) is 1.32. The van der Waals surface area contributed by atoms with Crippen LogP contribution in [0.15, 0.2) is 36.4 Å². The number of hydrogen-bond donors (Lipinski definition) is 1. The monoisotopic (exact) mass is 234 g/mol. The first-order valence-electron chi connectivity index (χ1n) is 5.08. The maximum absolute atomic E-state index is 11.0. The normalized spacial score (nSPS) is 11.6. The van der Waals surface area contributed by atoms with Gasteiger partial charge >= 0.3 is 11.9 Å². The van der Waals surface area contributed by atoms with Crippen LogP contribution in [0.25, 0.3) is 0 Å². The third-order valence-corrected chi connectivity index (χ3v) is 2.35. The fourth-order valence-electron chi connectivity index (χ4n) is 1.48. The second-order valence-electron chi connectivity index (χ2n) is 3.68. The SMILES string of the molecule is C=C(C(=O)O)C(OC(C)=O)c1ccccc1C. The van der Waals surface area contributed by atoms with Crippen LogP contribution >= 0.6 is 0 Å². The van der Waals surface area contributed by atoms with E-state index in [0.29, 0.717) is 5.56 Å². The van der Waals surface area contributed by atoms with Crippen LogP contribution in [-0.4, -0.2) is 17.0 Å². The molecule has 1 unspecified atom stereocenters. The predicted octanol–water partition coefficient (Wildman–Crippen LogP) is 2.24. The first-order valence-corrected chi connectivity index (χ1v) is 5.08. The summed E-state index contributed by atoms with van der Waals surface area (Å²) >= 11 is 0. The van der Waals surface area contributed by atoms with E-state index in [4.69, 9.17) is 9.84 Å². The number of benzene rings is 1. The number of carboxylic acids is 1. The number of carbonyl (C=O) groups excluding carboxylic acids is 1. The summed E-state index contributed by atoms with van der Waals surface area (Å²) in [5, 5.41) is 8.93. The number of rotatable bonds is 4. The molecule has 1 rings (SSSR count). The van der Waals surface area contributed by atoms with Crippen molar-refractivity contribution in [3.05, 3.63) is 47.5 Å². The molecule has 0 aliphatic carbocycles. The Morgan fingerprint density at radius 3 is 2.41 bits per heavy atom. The molecule has 0 aliphatic heterocycles. The van der Waals surface area contributed by atoms with Gasteiger partial charge in [-0.2, -0.15) is 0 Å². The summed E-state index contributed by atoms with van der Waals surface area (Å²) in [6, 6.07) is 7.12. The molecule has 17 heavy (non-hydrogen) atoms. The Morgan fingerprint density at radius 1 is 1.35 bits per heavy atom. The van der Waals surface area contributed by atoms with Gasteiger partial charge in [0.05, 0.1) is 5.57 Å². The standard InChI is InChI=1S/C13H14O4/c1-8-6-4-5-7-11(8)12(17-10(3)14)9(2)13(15)16/h4-7,12H,2H2,1,3H3,(H,15,16). The Bertz CT molecular complexity index is 462. The molecule has 0 aliphatic rings. The molecule has 4 nitrogen and oxygen atoms in total. The van der Waals surface area contributed by atoms with Crippen LogP contribution in [0, 0.1) is 6.92 Å². The summed E-state index contributed by atoms with van der Waals surface area (Å²) in [5.74, 6) is -1.72. The van der Waals surface area contributed by atoms with E-state index < -0.39 is 18.0 Å². The Labute approximate surface area is 99.5 Å². The smallest absolute Gasteiger partial charge is 0.335 e. The van der Waals surface area contributed by atoms with Gasteiger partial charge in [0, 0.05) is 12.5 Å². The van der Waals surface area contributed by atoms with Gasteiger partial charge in [-0.25, -0.2) is 4.79 Å². The molecule has 1 atom stereocenters. The molecule has 1 aromatic carbocycles. The molecule has 1 N–H and O–H groups in total. The number of ether oxygens (including phenoxy) is 1. The van der Waals surface area contributed by atoms with Crippen LogP contribution in [0.4, 0.5) is 0 Å². The van der Waals surface area contributed by atoms with E-state index in [0.717, 1.165) is 5.56 Å². The van der Waals surface area contributed by atoms with Crippen LogP contribution in [0.2, 0.25) is 0 Å². The molecule has 1 aromatic rings. The number of hydrogen-bond acceptors (Lipinski definition) is 3. The Kier molecular flexibility index (Phi) is 4.04. The molecule has 0 bridgehead atoms. The topological polar surface area (TPSA) is 63.6 Å². The molecule has 0 fully saturated rings. The zero-order valence-electron chi connectivity index (χ0n) is 9.77. The second kappa shape index (κ2) is 5.30. The van der Waals surface area contributed by atoms with Crippen LogP contribution in [-0.2, 0) is 14.3 Å². The number of aryl methyl sites for hydroxylation is 1. The number of esters is 1. The van der Waals surface area contributed by atoms with Gasteiger partial charge in [-0.15, -0.1) is 0 Å². The minimum atomic E-state index is -1.18. The lowest BCUT2D eigenvalue weighted by Crippen LogP contribution is -2.16. The third-order valence-electron chi connectivity index (χ3n) is 2.35. The van der Waals surface area contributed by atoms with Crippen molar-refractivity contribution < 1.29 is 19.4 Å². The average Bonchev–Trinajstić information content (AvgIpc) is 2.25. The Morgan fingerprint density at radius 2 is 1.94 bits per heavy atom. The van der Waals surface area contributed by atoms with E-state index in [-0.39, 0.29) is 5.57 Å². The second-order valence-corrected chi connectivity index (χ2v) is 3.68. The summed E-state index contributed by atoms with van der Waals surface area (Å²) in [4.78, 5) is 21.9. The average molecular weight is 234 g/mol. The molecule has 0 radical (unpaired) electrons. The van der Waals surface area contributed by atoms with Crippen molar-refractivity contribution in [2.75, 3.05) is 0 Å². The van der Waals surface area contributed by atoms with Gasteiger partial charge in [-0.3, -0.25) is 4.79 Å². The zero-order valence-corrected chi connectivity index (χ0v) is 9.77. The highest BCUT2D eigenvalue weighted by molar-refractivity contribution is 5.88. The fourth-order valence-corrected chi connectivity index (χ4v) is 1.48. The molecule has 0 saturated carbocycles. The van der Waals surface area contributed by atoms with Gasteiger partial charge in [0.2, 0.25) is 0 Å². The van der Waals surface area contributed by atoms with Crippen molar-refractivity contribution in [3.63, 3.8) is 0 Å². The molecule has 0 amide bonds. The molecule has 4 heteroatoms. The van der Waals surface area contributed by atoms with Gasteiger partial charge in [-0.05, 0) is 12.5 Å². The minimum absolute atomic E-state index is 0.158. The highest BCUT2D eigenvalue weighted by Crippen LogP contribution is 2.27. The minimum Gasteiger partial charge on any atom is -0.478 e. The molecule has 90 valence electrons. The highest BCUT2D eigenvalue weighted by Gasteiger charge is 2.24. The van der Waals surface area contributed by atoms with E-state index in [1.165, 1.54) is 6.92 Å². The third kappa shape index (κ3) is 3.17. The van der Waals surface area contributed by atoms with Crippen LogP contribution in [0.1, 0.15) is 24.2 Å². The van der Waals surface area contributed by atoms with Gasteiger partial charge < -0.3 is 9.84 Å². The predicted molar refractivity (Wildman–Crippen MR) is 62.5 cm³/mol. The first-order chi connectivity index (χ1) is 7.93. The number of carboxylic acid groups (broad SMARTS) is 1. The van der Waals surface area contributed by atoms with Crippen molar-refractivity contribution in [1.82, 2.24) is 0 Å². The lowest BCUT2D eigenvalue weighted by atomic mass is 9.98. The molecule has 0 saturated heterocycles. The van der Waals surface area contributed by atoms with Crippen molar-refractivity contribution >= 4 is 11.9 Å². The molecule has 0 heterocycles. The molecular formula is C13H14O4. The van der Waals surface area contributed by atoms with Crippen molar-refractivity contribution in [1.29, 1.82) is 0 Å². The molecule has 0 aromatic heterocycles. The quantitative estimate of drug-likeness (QED) is 0.641. The summed E-state index contributed by atoms with van der Waals surface area (Å²) in [6.07, 6.45) is -0.939. The van der Waals surface area contributed by atoms with Gasteiger partial charge in [0.1, 0.15) is 0 Å². The molecular weight excluding hydrogens is 220 g/mol. The van der Waals surface area contributed by atoms with Crippen LogP contribution < -0.4 is 0 Å². The Balaban J connectivity index is 3.15. The van der Waals surface area contributed by atoms with E-state index >= 15 is 0 Å². The van der Waals surface area contributed by atoms with Crippen molar-refractivity contribution in [3.8, 4) is 0 Å². The van der Waals surface area contributed by atoms with E-state index in [2.05, 4.69) is 6.58 Å². The number of aliphatic carboxylic acids is 1. The maximum atomic E-state index is 11.0. The Hall–Kier alpha value is -2.10. The van der Waals surface area contributed by atoms with E-state index in [9.17, 15) is 9.59 Å². The highest BCUT2D eigenvalue weighted by atomic mass is 16.5. The molecule has 0 spiro atoms. The number of carbonyl (C=O) groups is 2. The van der Waals surface area contributed by atoms with E-state index in [1.807, 2.05) is 19.1 Å². The lowest BCUT2D eigenvalue weighted by Gasteiger charge is -2.19. The van der Waals surface area contributed by atoms with Crippen LogP contribution in [0.3, 0.4) is 0 Å².